The van der Waals surface area contributed by atoms with Crippen molar-refractivity contribution in [2.75, 3.05) is 13.1 Å². The minimum Gasteiger partial charge on any atom is -0.453 e. The molecule has 3 nitrogen and oxygen atoms in total. The third-order valence-corrected chi connectivity index (χ3v) is 6.93. The fourth-order valence-corrected chi connectivity index (χ4v) is 5.19. The second-order valence-corrected chi connectivity index (χ2v) is 8.85. The van der Waals surface area contributed by atoms with E-state index in [1.54, 1.807) is 0 Å². The Morgan fingerprint density at radius 2 is 1.00 bits per heavy atom. The van der Waals surface area contributed by atoms with Gasteiger partial charge in [-0.2, -0.15) is 0 Å². The molecule has 1 aliphatic heterocycles. The highest BCUT2D eigenvalue weighted by Crippen LogP contribution is 2.44. The molecular formula is C31H29NO2. The number of piperidine rings is 1. The predicted octanol–water partition coefficient (Wildman–Crippen LogP) is 5.84. The van der Waals surface area contributed by atoms with Crippen LogP contribution in [0.2, 0.25) is 0 Å². The molecule has 0 spiro atoms. The molecule has 1 fully saturated rings. The van der Waals surface area contributed by atoms with Crippen molar-refractivity contribution in [3.05, 3.63) is 144 Å². The number of benzene rings is 4. The van der Waals surface area contributed by atoms with Crippen molar-refractivity contribution in [3.8, 4) is 0 Å². The largest absolute Gasteiger partial charge is 0.453 e. The standard InChI is InChI=1S/C31H29NO2/c33-29(34-30(21-23-32-24-22-30)25-13-5-1-6-14-25)31(26-15-7-2-8-16-26,27-17-9-3-10-18-27)28-19-11-4-12-20-28/h1-20,32H,21-24H2. The van der Waals surface area contributed by atoms with Crippen LogP contribution in [0.4, 0.5) is 0 Å². The number of ether oxygens (including phenoxy) is 1. The lowest BCUT2D eigenvalue weighted by molar-refractivity contribution is -0.168. The van der Waals surface area contributed by atoms with Gasteiger partial charge in [-0.25, -0.2) is 0 Å². The van der Waals surface area contributed by atoms with Crippen LogP contribution >= 0.6 is 0 Å². The maximum Gasteiger partial charge on any atom is 0.326 e. The van der Waals surface area contributed by atoms with Crippen LogP contribution in [0.3, 0.4) is 0 Å². The van der Waals surface area contributed by atoms with E-state index in [0.717, 1.165) is 48.2 Å². The van der Waals surface area contributed by atoms with Crippen molar-refractivity contribution < 1.29 is 9.53 Å². The molecule has 1 heterocycles. The lowest BCUT2D eigenvalue weighted by Crippen LogP contribution is -2.48. The van der Waals surface area contributed by atoms with Crippen LogP contribution in [-0.4, -0.2) is 19.1 Å². The summed E-state index contributed by atoms with van der Waals surface area (Å²) in [4.78, 5) is 14.7. The van der Waals surface area contributed by atoms with Crippen LogP contribution in [0.1, 0.15) is 35.1 Å². The van der Waals surface area contributed by atoms with Gasteiger partial charge < -0.3 is 10.1 Å². The van der Waals surface area contributed by atoms with E-state index in [2.05, 4.69) is 17.4 Å². The summed E-state index contributed by atoms with van der Waals surface area (Å²) in [6.07, 6.45) is 1.47. The molecule has 1 saturated heterocycles. The molecule has 170 valence electrons. The first-order chi connectivity index (χ1) is 16.8. The van der Waals surface area contributed by atoms with Crippen LogP contribution < -0.4 is 5.32 Å². The van der Waals surface area contributed by atoms with Crippen LogP contribution in [0.5, 0.6) is 0 Å². The Morgan fingerprint density at radius 1 is 0.618 bits per heavy atom. The number of carbonyl (C=O) groups is 1. The van der Waals surface area contributed by atoms with Crippen molar-refractivity contribution >= 4 is 5.97 Å². The number of nitrogens with one attached hydrogen (secondary N) is 1. The molecule has 1 N–H and O–H groups in total. The smallest absolute Gasteiger partial charge is 0.326 e. The highest BCUT2D eigenvalue weighted by atomic mass is 16.6. The van der Waals surface area contributed by atoms with Crippen LogP contribution in [0.15, 0.2) is 121 Å². The summed E-state index contributed by atoms with van der Waals surface area (Å²) < 4.78 is 6.71. The molecule has 0 aromatic heterocycles. The molecule has 4 aromatic rings. The first-order valence-corrected chi connectivity index (χ1v) is 11.9. The van der Waals surface area contributed by atoms with Crippen molar-refractivity contribution in [2.24, 2.45) is 0 Å². The van der Waals surface area contributed by atoms with Gasteiger partial charge in [-0.05, 0) is 35.3 Å². The van der Waals surface area contributed by atoms with E-state index in [0.29, 0.717) is 0 Å². The molecule has 34 heavy (non-hydrogen) atoms. The Morgan fingerprint density at radius 3 is 1.41 bits per heavy atom. The normalized spacial score (nSPS) is 15.4. The van der Waals surface area contributed by atoms with Crippen molar-refractivity contribution in [2.45, 2.75) is 23.9 Å². The highest BCUT2D eigenvalue weighted by molar-refractivity contribution is 5.92. The molecule has 0 saturated carbocycles. The van der Waals surface area contributed by atoms with E-state index in [4.69, 9.17) is 4.74 Å². The van der Waals surface area contributed by atoms with Crippen molar-refractivity contribution in [1.82, 2.24) is 5.32 Å². The van der Waals surface area contributed by atoms with Crippen LogP contribution in [-0.2, 0) is 20.5 Å². The number of hydrogen-bond donors (Lipinski definition) is 1. The third-order valence-electron chi connectivity index (χ3n) is 6.93. The van der Waals surface area contributed by atoms with Gasteiger partial charge in [0.2, 0.25) is 0 Å². The summed E-state index contributed by atoms with van der Waals surface area (Å²) >= 11 is 0. The quantitative estimate of drug-likeness (QED) is 0.298. The summed E-state index contributed by atoms with van der Waals surface area (Å²) in [6.45, 7) is 1.61. The molecular weight excluding hydrogens is 418 g/mol. The Bertz CT molecular complexity index is 1100. The number of hydrogen-bond acceptors (Lipinski definition) is 3. The first-order valence-electron chi connectivity index (χ1n) is 11.9. The minimum atomic E-state index is -1.09. The first kappa shape index (κ1) is 22.1. The van der Waals surface area contributed by atoms with Gasteiger partial charge in [-0.15, -0.1) is 0 Å². The number of carbonyl (C=O) groups excluding carboxylic acids is 1. The summed E-state index contributed by atoms with van der Waals surface area (Å²) in [7, 11) is 0. The number of rotatable bonds is 6. The van der Waals surface area contributed by atoms with Crippen molar-refractivity contribution in [3.63, 3.8) is 0 Å². The van der Waals surface area contributed by atoms with Gasteiger partial charge in [0.25, 0.3) is 0 Å². The third kappa shape index (κ3) is 3.93. The van der Waals surface area contributed by atoms with E-state index >= 15 is 0 Å². The molecule has 0 radical (unpaired) electrons. The molecule has 1 aliphatic rings. The Labute approximate surface area is 201 Å². The van der Waals surface area contributed by atoms with Gasteiger partial charge in [0.1, 0.15) is 11.0 Å². The van der Waals surface area contributed by atoms with E-state index in [1.807, 2.05) is 109 Å². The topological polar surface area (TPSA) is 38.3 Å². The van der Waals surface area contributed by atoms with Gasteiger partial charge >= 0.3 is 5.97 Å². The summed E-state index contributed by atoms with van der Waals surface area (Å²) in [5, 5.41) is 3.42. The monoisotopic (exact) mass is 447 g/mol. The maximum absolute atomic E-state index is 14.7. The average molecular weight is 448 g/mol. The molecule has 3 heteroatoms. The van der Waals surface area contributed by atoms with Gasteiger partial charge in [-0.1, -0.05) is 121 Å². The van der Waals surface area contributed by atoms with E-state index in [1.165, 1.54) is 0 Å². The van der Waals surface area contributed by atoms with Gasteiger partial charge in [-0.3, -0.25) is 4.79 Å². The summed E-state index contributed by atoms with van der Waals surface area (Å²) in [5.74, 6) is -0.248. The summed E-state index contributed by atoms with van der Waals surface area (Å²) in [6, 6.07) is 40.2. The van der Waals surface area contributed by atoms with Crippen molar-refractivity contribution in [1.29, 1.82) is 0 Å². The lowest BCUT2D eigenvalue weighted by atomic mass is 9.69. The fraction of sp³-hybridized carbons (Fsp3) is 0.194. The number of esters is 1. The van der Waals surface area contributed by atoms with Crippen LogP contribution in [0.25, 0.3) is 0 Å². The molecule has 0 aliphatic carbocycles. The Balaban J connectivity index is 1.71. The second kappa shape index (κ2) is 9.66. The molecule has 0 amide bonds. The SMILES string of the molecule is O=C(OC1(c2ccccc2)CCNCC1)C(c1ccccc1)(c1ccccc1)c1ccccc1. The molecule has 0 bridgehead atoms. The molecule has 4 aromatic carbocycles. The predicted molar refractivity (Wildman–Crippen MR) is 136 cm³/mol. The molecule has 0 atom stereocenters. The lowest BCUT2D eigenvalue weighted by Gasteiger charge is -2.42. The minimum absolute atomic E-state index is 0.248. The van der Waals surface area contributed by atoms with E-state index in [-0.39, 0.29) is 5.97 Å². The zero-order valence-electron chi connectivity index (χ0n) is 19.2. The van der Waals surface area contributed by atoms with Gasteiger partial charge in [0, 0.05) is 12.8 Å². The highest BCUT2D eigenvalue weighted by Gasteiger charge is 2.49. The Hall–Kier alpha value is -3.69. The van der Waals surface area contributed by atoms with E-state index < -0.39 is 11.0 Å². The zero-order chi connectivity index (χ0) is 23.3. The second-order valence-electron chi connectivity index (χ2n) is 8.85. The van der Waals surface area contributed by atoms with Gasteiger partial charge in [0.05, 0.1) is 0 Å². The average Bonchev–Trinajstić information content (AvgIpc) is 2.92. The molecule has 0 unspecified atom stereocenters. The van der Waals surface area contributed by atoms with Gasteiger partial charge in [0.15, 0.2) is 0 Å². The molecule has 5 rings (SSSR count). The van der Waals surface area contributed by atoms with E-state index in [9.17, 15) is 4.79 Å². The van der Waals surface area contributed by atoms with Crippen LogP contribution in [0, 0.1) is 0 Å². The zero-order valence-corrected chi connectivity index (χ0v) is 19.2. The Kier molecular flexibility index (Phi) is 6.29. The maximum atomic E-state index is 14.7. The fourth-order valence-electron chi connectivity index (χ4n) is 5.19. The summed E-state index contributed by atoms with van der Waals surface area (Å²) in [5.41, 5.74) is 1.98.